The van der Waals surface area contributed by atoms with E-state index in [2.05, 4.69) is 34.9 Å². The molecule has 14 heteroatoms. The van der Waals surface area contributed by atoms with Crippen LogP contribution in [0.5, 0.6) is 0 Å². The van der Waals surface area contributed by atoms with Crippen molar-refractivity contribution in [3.05, 3.63) is 25.3 Å². The summed E-state index contributed by atoms with van der Waals surface area (Å²) >= 11 is 0. The van der Waals surface area contributed by atoms with Gasteiger partial charge in [0.2, 0.25) is 0 Å². The van der Waals surface area contributed by atoms with Crippen LogP contribution in [-0.2, 0) is 4.74 Å². The summed E-state index contributed by atoms with van der Waals surface area (Å²) in [5.41, 5.74) is 13.2. The Morgan fingerprint density at radius 2 is 1.76 bits per heavy atom. The Balaban J connectivity index is 0.000000171. The van der Waals surface area contributed by atoms with Gasteiger partial charge in [-0.2, -0.15) is 0 Å². The van der Waals surface area contributed by atoms with Gasteiger partial charge in [0, 0.05) is 0 Å². The SMILES string of the molecule is Nc1ncnc2c1ncn2[C@@H]1O[C@H](CO)[C@@H](O)[C@@H]1O.Nc1ncnc2nc[nH]c12. The average molecular weight is 402 g/mol. The maximum Gasteiger partial charge on any atom is 0.182 e. The molecule has 4 aromatic rings. The molecule has 0 aromatic carbocycles. The molecule has 0 saturated carbocycles. The number of imidazole rings is 2. The summed E-state index contributed by atoms with van der Waals surface area (Å²) in [5, 5.41) is 28.7. The van der Waals surface area contributed by atoms with Crippen molar-refractivity contribution in [2.24, 2.45) is 0 Å². The third-order valence-corrected chi connectivity index (χ3v) is 4.43. The highest BCUT2D eigenvalue weighted by molar-refractivity contribution is 5.81. The molecule has 0 bridgehead atoms. The highest BCUT2D eigenvalue weighted by atomic mass is 16.6. The molecular formula is C15H18N10O4. The van der Waals surface area contributed by atoms with Gasteiger partial charge in [-0.3, -0.25) is 4.57 Å². The minimum absolute atomic E-state index is 0.218. The molecule has 1 saturated heterocycles. The van der Waals surface area contributed by atoms with Crippen molar-refractivity contribution in [2.45, 2.75) is 24.5 Å². The molecule has 1 aliphatic heterocycles. The number of hydrogen-bond acceptors (Lipinski definition) is 12. The number of aliphatic hydroxyl groups is 3. The summed E-state index contributed by atoms with van der Waals surface area (Å²) in [7, 11) is 0. The fraction of sp³-hybridized carbons (Fsp3) is 0.333. The van der Waals surface area contributed by atoms with Gasteiger partial charge < -0.3 is 36.5 Å². The number of hydrogen-bond donors (Lipinski definition) is 6. The molecule has 152 valence electrons. The number of H-pyrrole nitrogens is 1. The van der Waals surface area contributed by atoms with Crippen LogP contribution in [0.15, 0.2) is 25.3 Å². The van der Waals surface area contributed by atoms with E-state index < -0.39 is 31.1 Å². The monoisotopic (exact) mass is 402 g/mol. The number of aliphatic hydroxyl groups excluding tert-OH is 3. The van der Waals surface area contributed by atoms with Crippen molar-refractivity contribution in [3.8, 4) is 0 Å². The van der Waals surface area contributed by atoms with E-state index in [9.17, 15) is 10.2 Å². The van der Waals surface area contributed by atoms with Crippen LogP contribution in [0.4, 0.5) is 11.6 Å². The lowest BCUT2D eigenvalue weighted by Gasteiger charge is -2.16. The predicted octanol–water partition coefficient (Wildman–Crippen LogP) is -2.04. The van der Waals surface area contributed by atoms with Crippen LogP contribution in [0.2, 0.25) is 0 Å². The van der Waals surface area contributed by atoms with E-state index in [0.717, 1.165) is 0 Å². The van der Waals surface area contributed by atoms with Crippen molar-refractivity contribution >= 4 is 34.0 Å². The number of aromatic nitrogens is 8. The highest BCUT2D eigenvalue weighted by Gasteiger charge is 2.43. The zero-order chi connectivity index (χ0) is 20.5. The molecule has 5 heterocycles. The van der Waals surface area contributed by atoms with Gasteiger partial charge in [0.15, 0.2) is 29.2 Å². The van der Waals surface area contributed by atoms with Gasteiger partial charge in [0.25, 0.3) is 0 Å². The van der Waals surface area contributed by atoms with Crippen LogP contribution >= 0.6 is 0 Å². The maximum absolute atomic E-state index is 9.95. The van der Waals surface area contributed by atoms with E-state index in [-0.39, 0.29) is 5.82 Å². The van der Waals surface area contributed by atoms with Crippen LogP contribution in [0.3, 0.4) is 0 Å². The van der Waals surface area contributed by atoms with Gasteiger partial charge >= 0.3 is 0 Å². The smallest absolute Gasteiger partial charge is 0.182 e. The Labute approximate surface area is 162 Å². The fourth-order valence-electron chi connectivity index (χ4n) is 2.95. The zero-order valence-corrected chi connectivity index (χ0v) is 14.9. The number of nitrogen functional groups attached to an aromatic ring is 2. The van der Waals surface area contributed by atoms with Gasteiger partial charge in [0.1, 0.15) is 42.0 Å². The number of ether oxygens (including phenoxy) is 1. The van der Waals surface area contributed by atoms with Crippen LogP contribution < -0.4 is 11.5 Å². The summed E-state index contributed by atoms with van der Waals surface area (Å²) in [6.07, 6.45) is 1.50. The maximum atomic E-state index is 9.95. The average Bonchev–Trinajstić information content (AvgIpc) is 3.42. The molecule has 29 heavy (non-hydrogen) atoms. The molecule has 1 aliphatic rings. The van der Waals surface area contributed by atoms with E-state index in [4.69, 9.17) is 21.3 Å². The first-order valence-corrected chi connectivity index (χ1v) is 8.46. The Bertz CT molecular complexity index is 1130. The lowest BCUT2D eigenvalue weighted by Crippen LogP contribution is -2.33. The molecule has 14 nitrogen and oxygen atoms in total. The van der Waals surface area contributed by atoms with Gasteiger partial charge in [-0.05, 0) is 0 Å². The fourth-order valence-corrected chi connectivity index (χ4v) is 2.95. The van der Waals surface area contributed by atoms with Crippen LogP contribution in [0.1, 0.15) is 6.23 Å². The summed E-state index contributed by atoms with van der Waals surface area (Å²) in [4.78, 5) is 26.3. The molecule has 1 fully saturated rings. The summed E-state index contributed by atoms with van der Waals surface area (Å²) < 4.78 is 6.85. The van der Waals surface area contributed by atoms with E-state index in [1.165, 1.54) is 29.9 Å². The number of anilines is 2. The Hall–Kier alpha value is -3.46. The largest absolute Gasteiger partial charge is 0.394 e. The quantitative estimate of drug-likeness (QED) is 0.213. The second-order valence-corrected chi connectivity index (χ2v) is 6.17. The predicted molar refractivity (Wildman–Crippen MR) is 98.8 cm³/mol. The van der Waals surface area contributed by atoms with Crippen LogP contribution in [0, 0.1) is 0 Å². The molecule has 0 aliphatic carbocycles. The molecule has 0 amide bonds. The standard InChI is InChI=1S/C10H13N5O4.C5H5N5/c11-8-5-9(13-2-12-8)15(3-14-5)10-7(18)6(17)4(1-16)19-10;6-4-3-5(9-1-7-3)10-2-8-4/h2-4,6-7,10,16-18H,1H2,(H2,11,12,13);1-2H,(H3,6,7,8,9,10)/t4-,6-,7+,10-;/m1./s1. The van der Waals surface area contributed by atoms with Crippen molar-refractivity contribution in [2.75, 3.05) is 18.1 Å². The third kappa shape index (κ3) is 3.29. The first-order chi connectivity index (χ1) is 14.0. The van der Waals surface area contributed by atoms with Crippen LogP contribution in [-0.4, -0.2) is 79.7 Å². The van der Waals surface area contributed by atoms with E-state index in [0.29, 0.717) is 28.1 Å². The minimum atomic E-state index is -1.19. The van der Waals surface area contributed by atoms with Crippen molar-refractivity contribution in [1.82, 2.24) is 39.5 Å². The first-order valence-electron chi connectivity index (χ1n) is 8.46. The van der Waals surface area contributed by atoms with Gasteiger partial charge in [-0.1, -0.05) is 0 Å². The lowest BCUT2D eigenvalue weighted by molar-refractivity contribution is -0.0511. The number of aromatic amines is 1. The number of rotatable bonds is 2. The summed E-state index contributed by atoms with van der Waals surface area (Å²) in [5.74, 6) is 0.651. The van der Waals surface area contributed by atoms with Gasteiger partial charge in [-0.25, -0.2) is 29.9 Å². The number of nitrogens with one attached hydrogen (secondary N) is 1. The topological polar surface area (TPSA) is 220 Å². The Morgan fingerprint density at radius 3 is 2.48 bits per heavy atom. The lowest BCUT2D eigenvalue weighted by atomic mass is 10.1. The Kier molecular flexibility index (Phi) is 4.89. The number of nitrogens with zero attached hydrogens (tertiary/aromatic N) is 7. The molecule has 5 rings (SSSR count). The van der Waals surface area contributed by atoms with Gasteiger partial charge in [0.05, 0.1) is 19.3 Å². The highest BCUT2D eigenvalue weighted by Crippen LogP contribution is 2.31. The summed E-state index contributed by atoms with van der Waals surface area (Å²) in [6.45, 7) is -0.390. The molecule has 0 unspecified atom stereocenters. The third-order valence-electron chi connectivity index (χ3n) is 4.43. The molecule has 0 spiro atoms. The minimum Gasteiger partial charge on any atom is -0.394 e. The number of fused-ring (bicyclic) bond motifs is 2. The first kappa shape index (κ1) is 18.9. The normalized spacial score (nSPS) is 24.0. The molecule has 0 radical (unpaired) electrons. The van der Waals surface area contributed by atoms with Crippen molar-refractivity contribution in [3.63, 3.8) is 0 Å². The second kappa shape index (κ2) is 7.51. The number of nitrogens with two attached hydrogens (primary N) is 2. The van der Waals surface area contributed by atoms with Gasteiger partial charge in [-0.15, -0.1) is 0 Å². The molecule has 4 aromatic heterocycles. The van der Waals surface area contributed by atoms with E-state index in [1.807, 2.05) is 0 Å². The Morgan fingerprint density at radius 1 is 1.00 bits per heavy atom. The van der Waals surface area contributed by atoms with Crippen molar-refractivity contribution < 1.29 is 20.1 Å². The second-order valence-electron chi connectivity index (χ2n) is 6.17. The zero-order valence-electron chi connectivity index (χ0n) is 14.9. The van der Waals surface area contributed by atoms with Crippen LogP contribution in [0.25, 0.3) is 22.3 Å². The van der Waals surface area contributed by atoms with E-state index in [1.54, 1.807) is 0 Å². The van der Waals surface area contributed by atoms with E-state index >= 15 is 0 Å². The molecule has 4 atom stereocenters. The molecule has 8 N–H and O–H groups in total. The summed E-state index contributed by atoms with van der Waals surface area (Å²) in [6, 6.07) is 0. The molecular weight excluding hydrogens is 384 g/mol. The van der Waals surface area contributed by atoms with Crippen molar-refractivity contribution in [1.29, 1.82) is 0 Å².